The van der Waals surface area contributed by atoms with Gasteiger partial charge in [-0.3, -0.25) is 16.2 Å². The minimum absolute atomic E-state index is 0.0116. The van der Waals surface area contributed by atoms with E-state index in [1.807, 2.05) is 0 Å². The van der Waals surface area contributed by atoms with Crippen molar-refractivity contribution in [2.75, 3.05) is 13.1 Å². The molecule has 0 aliphatic carbocycles. The van der Waals surface area contributed by atoms with Crippen LogP contribution < -0.4 is 11.3 Å². The summed E-state index contributed by atoms with van der Waals surface area (Å²) in [6, 6.07) is 6.80. The lowest BCUT2D eigenvalue weighted by Gasteiger charge is -2.44. The highest BCUT2D eigenvalue weighted by Gasteiger charge is 2.36. The Morgan fingerprint density at radius 3 is 2.29 bits per heavy atom. The number of hydrogen-bond acceptors (Lipinski definition) is 3. The fourth-order valence-corrected chi connectivity index (χ4v) is 3.57. The number of benzene rings is 1. The molecule has 0 radical (unpaired) electrons. The normalized spacial score (nSPS) is 19.3. The lowest BCUT2D eigenvalue weighted by atomic mass is 9.84. The molecule has 2 rings (SSSR count). The van der Waals surface area contributed by atoms with E-state index >= 15 is 0 Å². The average molecular weight is 289 g/mol. The van der Waals surface area contributed by atoms with Gasteiger partial charge in [0, 0.05) is 5.54 Å². The molecule has 1 aliphatic rings. The van der Waals surface area contributed by atoms with E-state index < -0.39 is 0 Å². The van der Waals surface area contributed by atoms with Gasteiger partial charge in [-0.1, -0.05) is 36.6 Å². The Hall–Kier alpha value is -0.900. The highest BCUT2D eigenvalue weighted by atomic mass is 15.3. The SMILES string of the molecule is Cc1ccc(C)c(C(NN)C(C)(C)N2CCCCCC2)c1. The zero-order valence-corrected chi connectivity index (χ0v) is 14.1. The molecule has 3 heteroatoms. The number of nitrogens with one attached hydrogen (secondary N) is 1. The number of likely N-dealkylation sites (tertiary alicyclic amines) is 1. The second kappa shape index (κ2) is 6.91. The third-order valence-corrected chi connectivity index (χ3v) is 5.04. The number of nitrogens with two attached hydrogens (primary N) is 1. The summed E-state index contributed by atoms with van der Waals surface area (Å²) in [6.07, 6.45) is 5.31. The van der Waals surface area contributed by atoms with E-state index in [0.717, 1.165) is 0 Å². The number of nitrogens with zero attached hydrogens (tertiary/aromatic N) is 1. The molecule has 3 N–H and O–H groups in total. The van der Waals surface area contributed by atoms with E-state index in [-0.39, 0.29) is 11.6 Å². The van der Waals surface area contributed by atoms with E-state index in [9.17, 15) is 0 Å². The summed E-state index contributed by atoms with van der Waals surface area (Å²) in [5, 5.41) is 0. The average Bonchev–Trinajstić information content (AvgIpc) is 2.72. The smallest absolute Gasteiger partial charge is 0.0641 e. The number of aryl methyl sites for hydroxylation is 2. The molecule has 1 atom stereocenters. The molecule has 1 heterocycles. The first-order valence-corrected chi connectivity index (χ1v) is 8.25. The largest absolute Gasteiger partial charge is 0.296 e. The minimum atomic E-state index is 0.0116. The van der Waals surface area contributed by atoms with Gasteiger partial charge < -0.3 is 0 Å². The molecule has 0 saturated carbocycles. The monoisotopic (exact) mass is 289 g/mol. The van der Waals surface area contributed by atoms with Crippen molar-refractivity contribution in [1.29, 1.82) is 0 Å². The van der Waals surface area contributed by atoms with Crippen molar-refractivity contribution in [2.24, 2.45) is 5.84 Å². The molecule has 118 valence electrons. The van der Waals surface area contributed by atoms with Crippen LogP contribution in [0.2, 0.25) is 0 Å². The molecule has 1 saturated heterocycles. The zero-order valence-electron chi connectivity index (χ0n) is 14.1. The first kappa shape index (κ1) is 16.5. The van der Waals surface area contributed by atoms with Crippen LogP contribution in [-0.2, 0) is 0 Å². The molecule has 0 amide bonds. The van der Waals surface area contributed by atoms with Crippen molar-refractivity contribution in [3.63, 3.8) is 0 Å². The molecule has 1 aromatic rings. The minimum Gasteiger partial charge on any atom is -0.296 e. The molecule has 0 bridgehead atoms. The van der Waals surface area contributed by atoms with Gasteiger partial charge in [0.1, 0.15) is 0 Å². The molecule has 21 heavy (non-hydrogen) atoms. The molecule has 1 aliphatic heterocycles. The topological polar surface area (TPSA) is 41.3 Å². The van der Waals surface area contributed by atoms with Crippen LogP contribution >= 0.6 is 0 Å². The summed E-state index contributed by atoms with van der Waals surface area (Å²) in [4.78, 5) is 2.62. The molecule has 3 nitrogen and oxygen atoms in total. The zero-order chi connectivity index (χ0) is 15.5. The van der Waals surface area contributed by atoms with Gasteiger partial charge in [0.05, 0.1) is 6.04 Å². The van der Waals surface area contributed by atoms with Crippen molar-refractivity contribution >= 4 is 0 Å². The Morgan fingerprint density at radius 2 is 1.71 bits per heavy atom. The summed E-state index contributed by atoms with van der Waals surface area (Å²) in [5.74, 6) is 5.98. The summed E-state index contributed by atoms with van der Waals surface area (Å²) in [7, 11) is 0. The van der Waals surface area contributed by atoms with Crippen molar-refractivity contribution in [2.45, 2.75) is 65.0 Å². The van der Waals surface area contributed by atoms with E-state index in [1.165, 1.54) is 55.5 Å². The van der Waals surface area contributed by atoms with Crippen LogP contribution in [0.3, 0.4) is 0 Å². The standard InChI is InChI=1S/C18H31N3/c1-14-9-10-15(2)16(13-14)17(20-19)18(3,4)21-11-7-5-6-8-12-21/h9-10,13,17,20H,5-8,11-12,19H2,1-4H3. The van der Waals surface area contributed by atoms with Crippen molar-refractivity contribution in [3.05, 3.63) is 34.9 Å². The molecule has 1 fully saturated rings. The first-order chi connectivity index (χ1) is 9.96. The van der Waals surface area contributed by atoms with Crippen molar-refractivity contribution in [1.82, 2.24) is 10.3 Å². The molecule has 1 aromatic carbocycles. The molecule has 1 unspecified atom stereocenters. The van der Waals surface area contributed by atoms with Crippen LogP contribution in [-0.4, -0.2) is 23.5 Å². The summed E-state index contributed by atoms with van der Waals surface area (Å²) in [6.45, 7) is 11.3. The molecular weight excluding hydrogens is 258 g/mol. The maximum Gasteiger partial charge on any atom is 0.0641 e. The molecular formula is C18H31N3. The Morgan fingerprint density at radius 1 is 1.10 bits per heavy atom. The maximum atomic E-state index is 5.98. The Bertz CT molecular complexity index is 460. The third-order valence-electron chi connectivity index (χ3n) is 5.04. The fraction of sp³-hybridized carbons (Fsp3) is 0.667. The number of hydrazine groups is 1. The highest BCUT2D eigenvalue weighted by molar-refractivity contribution is 5.34. The summed E-state index contributed by atoms with van der Waals surface area (Å²) < 4.78 is 0. The lowest BCUT2D eigenvalue weighted by molar-refractivity contribution is 0.0832. The summed E-state index contributed by atoms with van der Waals surface area (Å²) in [5.41, 5.74) is 7.05. The highest BCUT2D eigenvalue weighted by Crippen LogP contribution is 2.34. The second-order valence-corrected chi connectivity index (χ2v) is 7.01. The number of rotatable bonds is 4. The third kappa shape index (κ3) is 3.65. The van der Waals surface area contributed by atoms with Crippen LogP contribution in [0.25, 0.3) is 0 Å². The van der Waals surface area contributed by atoms with E-state index in [0.29, 0.717) is 0 Å². The van der Waals surface area contributed by atoms with Crippen LogP contribution in [0.1, 0.15) is 62.3 Å². The van der Waals surface area contributed by atoms with Crippen LogP contribution in [0.15, 0.2) is 18.2 Å². The van der Waals surface area contributed by atoms with Gasteiger partial charge in [-0.25, -0.2) is 0 Å². The fourth-order valence-electron chi connectivity index (χ4n) is 3.57. The molecule has 0 aromatic heterocycles. The summed E-state index contributed by atoms with van der Waals surface area (Å²) >= 11 is 0. The van der Waals surface area contributed by atoms with Crippen molar-refractivity contribution < 1.29 is 0 Å². The van der Waals surface area contributed by atoms with E-state index in [4.69, 9.17) is 5.84 Å². The maximum absolute atomic E-state index is 5.98. The van der Waals surface area contributed by atoms with Gasteiger partial charge >= 0.3 is 0 Å². The second-order valence-electron chi connectivity index (χ2n) is 7.01. The van der Waals surface area contributed by atoms with E-state index in [1.54, 1.807) is 0 Å². The van der Waals surface area contributed by atoms with Gasteiger partial charge in [-0.2, -0.15) is 0 Å². The Labute approximate surface area is 129 Å². The van der Waals surface area contributed by atoms with Gasteiger partial charge in [0.2, 0.25) is 0 Å². The van der Waals surface area contributed by atoms with Crippen molar-refractivity contribution in [3.8, 4) is 0 Å². The van der Waals surface area contributed by atoms with Gasteiger partial charge in [-0.05, 0) is 64.8 Å². The predicted octanol–water partition coefficient (Wildman–Crippen LogP) is 3.46. The van der Waals surface area contributed by atoms with Gasteiger partial charge in [0.15, 0.2) is 0 Å². The van der Waals surface area contributed by atoms with Crippen LogP contribution in [0, 0.1) is 13.8 Å². The Kier molecular flexibility index (Phi) is 5.42. The van der Waals surface area contributed by atoms with Crippen LogP contribution in [0.4, 0.5) is 0 Å². The van der Waals surface area contributed by atoms with E-state index in [2.05, 4.69) is 56.2 Å². The molecule has 0 spiro atoms. The van der Waals surface area contributed by atoms with Gasteiger partial charge in [-0.15, -0.1) is 0 Å². The number of hydrogen-bond donors (Lipinski definition) is 2. The van der Waals surface area contributed by atoms with Gasteiger partial charge in [0.25, 0.3) is 0 Å². The van der Waals surface area contributed by atoms with Crippen LogP contribution in [0.5, 0.6) is 0 Å². The quantitative estimate of drug-likeness (QED) is 0.659. The first-order valence-electron chi connectivity index (χ1n) is 8.25. The lowest BCUT2D eigenvalue weighted by Crippen LogP contribution is -2.54. The Balaban J connectivity index is 2.31. The predicted molar refractivity (Wildman–Crippen MR) is 90.1 cm³/mol.